The van der Waals surface area contributed by atoms with Gasteiger partial charge < -0.3 is 9.47 Å². The fraction of sp³-hybridized carbons (Fsp3) is 0.500. The van der Waals surface area contributed by atoms with E-state index in [9.17, 15) is 18.0 Å². The number of hydrogen-bond donors (Lipinski definition) is 1. The van der Waals surface area contributed by atoms with Gasteiger partial charge in [-0.15, -0.1) is 11.3 Å². The summed E-state index contributed by atoms with van der Waals surface area (Å²) in [7, 11) is -4.00. The van der Waals surface area contributed by atoms with Crippen LogP contribution in [0.4, 0.5) is 0 Å². The summed E-state index contributed by atoms with van der Waals surface area (Å²) in [4.78, 5) is 24.2. The largest absolute Gasteiger partial charge is 0.464 e. The van der Waals surface area contributed by atoms with E-state index in [1.165, 1.54) is 6.07 Å². The van der Waals surface area contributed by atoms with E-state index in [0.29, 0.717) is 0 Å². The molecule has 0 atom stereocenters. The topological polar surface area (TPSA) is 98.8 Å². The summed E-state index contributed by atoms with van der Waals surface area (Å²) in [6.45, 7) is 4.90. The van der Waals surface area contributed by atoms with Crippen LogP contribution in [0.2, 0.25) is 0 Å². The molecule has 0 bridgehead atoms. The van der Waals surface area contributed by atoms with Crippen molar-refractivity contribution in [3.63, 3.8) is 0 Å². The molecule has 1 N–H and O–H groups in total. The number of hydrogen-bond acceptors (Lipinski definition) is 7. The Labute approximate surface area is 127 Å². The van der Waals surface area contributed by atoms with Crippen LogP contribution >= 0.6 is 11.3 Å². The minimum atomic E-state index is -4.00. The first-order chi connectivity index (χ1) is 9.81. The van der Waals surface area contributed by atoms with E-state index in [1.807, 2.05) is 4.72 Å². The van der Waals surface area contributed by atoms with Gasteiger partial charge in [0.2, 0.25) is 6.04 Å². The molecule has 1 heterocycles. The first-order valence-electron chi connectivity index (χ1n) is 6.23. The Bertz CT molecular complexity index is 589. The molecule has 7 nitrogen and oxygen atoms in total. The number of carbonyl (C=O) groups excluding carboxylic acids is 2. The quantitative estimate of drug-likeness (QED) is 0.585. The first-order valence-corrected chi connectivity index (χ1v) is 8.53. The van der Waals surface area contributed by atoms with Crippen LogP contribution in [0.15, 0.2) is 16.3 Å². The number of ether oxygens (including phenoxy) is 2. The molecule has 0 spiro atoms. The lowest BCUT2D eigenvalue weighted by Crippen LogP contribution is -2.48. The molecule has 0 aliphatic heterocycles. The van der Waals surface area contributed by atoms with E-state index < -0.39 is 28.0 Å². The highest BCUT2D eigenvalue weighted by Crippen LogP contribution is 2.20. The Morgan fingerprint density at radius 2 is 1.71 bits per heavy atom. The second kappa shape index (κ2) is 7.53. The van der Waals surface area contributed by atoms with Crippen LogP contribution in [0, 0.1) is 6.92 Å². The van der Waals surface area contributed by atoms with Gasteiger partial charge in [0, 0.05) is 4.88 Å². The summed E-state index contributed by atoms with van der Waals surface area (Å²) in [6.07, 6.45) is 0. The van der Waals surface area contributed by atoms with Crippen molar-refractivity contribution in [2.45, 2.75) is 31.0 Å². The van der Waals surface area contributed by atoms with Crippen LogP contribution in [0.1, 0.15) is 18.7 Å². The van der Waals surface area contributed by atoms with Gasteiger partial charge in [0.15, 0.2) is 0 Å². The third kappa shape index (κ3) is 4.80. The van der Waals surface area contributed by atoms with Crippen LogP contribution in [0.5, 0.6) is 0 Å². The van der Waals surface area contributed by atoms with Crippen LogP contribution in [-0.2, 0) is 29.1 Å². The molecule has 0 aromatic carbocycles. The fourth-order valence-corrected chi connectivity index (χ4v) is 3.85. The minimum absolute atomic E-state index is 0.0126. The molecule has 1 aromatic rings. The summed E-state index contributed by atoms with van der Waals surface area (Å²) < 4.78 is 35.7. The molecule has 0 amide bonds. The van der Waals surface area contributed by atoms with Crippen LogP contribution < -0.4 is 4.72 Å². The highest BCUT2D eigenvalue weighted by atomic mass is 32.2. The number of nitrogens with one attached hydrogen (secondary N) is 1. The average molecular weight is 335 g/mol. The maximum absolute atomic E-state index is 12.2. The zero-order chi connectivity index (χ0) is 16.0. The number of sulfonamides is 1. The molecule has 0 aliphatic carbocycles. The summed E-state index contributed by atoms with van der Waals surface area (Å²) in [5.74, 6) is -1.99. The van der Waals surface area contributed by atoms with E-state index >= 15 is 0 Å². The fourth-order valence-electron chi connectivity index (χ4n) is 1.41. The highest BCUT2D eigenvalue weighted by Gasteiger charge is 2.34. The van der Waals surface area contributed by atoms with Gasteiger partial charge in [-0.25, -0.2) is 18.0 Å². The van der Waals surface area contributed by atoms with Gasteiger partial charge in [0.1, 0.15) is 4.21 Å². The number of rotatable bonds is 7. The minimum Gasteiger partial charge on any atom is -0.464 e. The van der Waals surface area contributed by atoms with Crippen molar-refractivity contribution < 1.29 is 27.5 Å². The van der Waals surface area contributed by atoms with Crippen molar-refractivity contribution in [3.8, 4) is 0 Å². The van der Waals surface area contributed by atoms with Gasteiger partial charge in [0.05, 0.1) is 13.2 Å². The van der Waals surface area contributed by atoms with E-state index in [2.05, 4.69) is 0 Å². The molecule has 0 radical (unpaired) electrons. The van der Waals surface area contributed by atoms with Crippen molar-refractivity contribution >= 4 is 33.3 Å². The normalized spacial score (nSPS) is 11.4. The smallest absolute Gasteiger partial charge is 0.335 e. The summed E-state index contributed by atoms with van der Waals surface area (Å²) in [6, 6.07) is 1.32. The molecule has 0 aliphatic rings. The maximum atomic E-state index is 12.2. The van der Waals surface area contributed by atoms with Crippen LogP contribution in [0.3, 0.4) is 0 Å². The number of esters is 2. The van der Waals surface area contributed by atoms with Crippen molar-refractivity contribution in [3.05, 3.63) is 17.0 Å². The SMILES string of the molecule is CCOC(=O)C(NS(=O)(=O)c1ccc(C)s1)C(=O)OCC. The van der Waals surface area contributed by atoms with E-state index in [1.54, 1.807) is 26.8 Å². The highest BCUT2D eigenvalue weighted by molar-refractivity contribution is 7.91. The number of aryl methyl sites for hydroxylation is 1. The summed E-state index contributed by atoms with van der Waals surface area (Å²) in [5.41, 5.74) is 0. The molecule has 1 aromatic heterocycles. The summed E-state index contributed by atoms with van der Waals surface area (Å²) in [5, 5.41) is 0. The molecule has 0 unspecified atom stereocenters. The zero-order valence-electron chi connectivity index (χ0n) is 11.9. The second-order valence-electron chi connectivity index (χ2n) is 3.92. The molecule has 1 rings (SSSR count). The average Bonchev–Trinajstić information content (AvgIpc) is 2.84. The lowest BCUT2D eigenvalue weighted by Gasteiger charge is -2.15. The Hall–Kier alpha value is -1.45. The Morgan fingerprint density at radius 1 is 1.19 bits per heavy atom. The first kappa shape index (κ1) is 17.6. The molecule has 9 heteroatoms. The van der Waals surface area contributed by atoms with E-state index in [-0.39, 0.29) is 17.4 Å². The third-order valence-electron chi connectivity index (χ3n) is 2.30. The number of thiophene rings is 1. The lowest BCUT2D eigenvalue weighted by atomic mass is 10.3. The van der Waals surface area contributed by atoms with Gasteiger partial charge in [-0.2, -0.15) is 4.72 Å². The Kier molecular flexibility index (Phi) is 6.31. The molecule has 0 saturated carbocycles. The van der Waals surface area contributed by atoms with E-state index in [4.69, 9.17) is 9.47 Å². The molecule has 0 saturated heterocycles. The predicted octanol–water partition coefficient (Wildman–Crippen LogP) is 0.830. The van der Waals surface area contributed by atoms with Crippen molar-refractivity contribution in [2.75, 3.05) is 13.2 Å². The van der Waals surface area contributed by atoms with Crippen molar-refractivity contribution in [1.82, 2.24) is 4.72 Å². The second-order valence-corrected chi connectivity index (χ2v) is 7.15. The maximum Gasteiger partial charge on any atom is 0.335 e. The predicted molar refractivity (Wildman–Crippen MR) is 76.4 cm³/mol. The Balaban J connectivity index is 2.99. The van der Waals surface area contributed by atoms with Gasteiger partial charge in [0.25, 0.3) is 10.0 Å². The number of carbonyl (C=O) groups is 2. The molecule has 118 valence electrons. The Morgan fingerprint density at radius 3 is 2.10 bits per heavy atom. The van der Waals surface area contributed by atoms with Gasteiger partial charge in [-0.3, -0.25) is 0 Å². The van der Waals surface area contributed by atoms with Crippen molar-refractivity contribution in [2.24, 2.45) is 0 Å². The lowest BCUT2D eigenvalue weighted by molar-refractivity contribution is -0.157. The van der Waals surface area contributed by atoms with Gasteiger partial charge >= 0.3 is 11.9 Å². The van der Waals surface area contributed by atoms with Crippen LogP contribution in [0.25, 0.3) is 0 Å². The van der Waals surface area contributed by atoms with Crippen LogP contribution in [-0.4, -0.2) is 39.6 Å². The molecule has 0 fully saturated rings. The molecule has 21 heavy (non-hydrogen) atoms. The standard InChI is InChI=1S/C12H17NO6S2/c1-4-18-11(14)10(12(15)19-5-2)13-21(16,17)9-7-6-8(3)20-9/h6-7,10,13H,4-5H2,1-3H3. The molecular formula is C12H17NO6S2. The summed E-state index contributed by atoms with van der Waals surface area (Å²) >= 11 is 1.03. The monoisotopic (exact) mass is 335 g/mol. The molecular weight excluding hydrogens is 318 g/mol. The van der Waals surface area contributed by atoms with Gasteiger partial charge in [-0.05, 0) is 32.9 Å². The zero-order valence-corrected chi connectivity index (χ0v) is 13.5. The van der Waals surface area contributed by atoms with Gasteiger partial charge in [-0.1, -0.05) is 0 Å². The van der Waals surface area contributed by atoms with E-state index in [0.717, 1.165) is 16.2 Å². The van der Waals surface area contributed by atoms with Crippen molar-refractivity contribution in [1.29, 1.82) is 0 Å². The third-order valence-corrected chi connectivity index (χ3v) is 5.21.